The first-order valence-electron chi connectivity index (χ1n) is 7.05. The molecule has 3 rings (SSSR count). The summed E-state index contributed by atoms with van der Waals surface area (Å²) in [6.45, 7) is 0.403. The van der Waals surface area contributed by atoms with Gasteiger partial charge in [0.1, 0.15) is 5.82 Å². The van der Waals surface area contributed by atoms with Gasteiger partial charge in [-0.2, -0.15) is 0 Å². The van der Waals surface area contributed by atoms with E-state index < -0.39 is 0 Å². The van der Waals surface area contributed by atoms with E-state index in [0.29, 0.717) is 17.5 Å². The SMILES string of the molecule is NCc1cccc(CN2C(=O)CCc3ccccc32)c1F. The lowest BCUT2D eigenvalue weighted by Crippen LogP contribution is -2.34. The van der Waals surface area contributed by atoms with Gasteiger partial charge in [0.15, 0.2) is 0 Å². The van der Waals surface area contributed by atoms with E-state index in [1.807, 2.05) is 24.3 Å². The van der Waals surface area contributed by atoms with E-state index in [2.05, 4.69) is 0 Å². The van der Waals surface area contributed by atoms with Gasteiger partial charge in [-0.3, -0.25) is 4.79 Å². The van der Waals surface area contributed by atoms with Crippen LogP contribution >= 0.6 is 0 Å². The number of halogens is 1. The van der Waals surface area contributed by atoms with Gasteiger partial charge < -0.3 is 10.6 Å². The van der Waals surface area contributed by atoms with Crippen LogP contribution in [0.5, 0.6) is 0 Å². The van der Waals surface area contributed by atoms with Crippen LogP contribution in [0.2, 0.25) is 0 Å². The second-order valence-electron chi connectivity index (χ2n) is 5.20. The van der Waals surface area contributed by atoms with Crippen molar-refractivity contribution in [3.8, 4) is 0 Å². The van der Waals surface area contributed by atoms with Crippen molar-refractivity contribution in [2.45, 2.75) is 25.9 Å². The van der Waals surface area contributed by atoms with Crippen LogP contribution in [-0.4, -0.2) is 5.91 Å². The van der Waals surface area contributed by atoms with E-state index in [1.54, 1.807) is 23.1 Å². The predicted octanol–water partition coefficient (Wildman–Crippen LogP) is 2.76. The molecule has 4 heteroatoms. The molecule has 108 valence electrons. The summed E-state index contributed by atoms with van der Waals surface area (Å²) in [7, 11) is 0. The molecule has 1 heterocycles. The minimum absolute atomic E-state index is 0.0336. The number of aryl methyl sites for hydroxylation is 1. The molecule has 21 heavy (non-hydrogen) atoms. The van der Waals surface area contributed by atoms with Crippen molar-refractivity contribution in [2.24, 2.45) is 5.73 Å². The van der Waals surface area contributed by atoms with Crippen molar-refractivity contribution in [3.05, 3.63) is 65.0 Å². The number of benzene rings is 2. The van der Waals surface area contributed by atoms with E-state index in [4.69, 9.17) is 5.73 Å². The zero-order valence-electron chi connectivity index (χ0n) is 11.7. The van der Waals surface area contributed by atoms with Crippen LogP contribution in [-0.2, 0) is 24.3 Å². The summed E-state index contributed by atoms with van der Waals surface area (Å²) in [5.41, 5.74) is 8.53. The molecule has 0 aliphatic carbocycles. The van der Waals surface area contributed by atoms with Crippen molar-refractivity contribution in [3.63, 3.8) is 0 Å². The molecule has 0 bridgehead atoms. The fraction of sp³-hybridized carbons (Fsp3) is 0.235. The van der Waals surface area contributed by atoms with Gasteiger partial charge in [-0.25, -0.2) is 4.39 Å². The van der Waals surface area contributed by atoms with Gasteiger partial charge >= 0.3 is 0 Å². The maximum Gasteiger partial charge on any atom is 0.227 e. The molecule has 1 amide bonds. The first kappa shape index (κ1) is 13.8. The predicted molar refractivity (Wildman–Crippen MR) is 80.2 cm³/mol. The molecular formula is C17H17FN2O. The van der Waals surface area contributed by atoms with Crippen LogP contribution in [0.3, 0.4) is 0 Å². The van der Waals surface area contributed by atoms with Gasteiger partial charge in [0, 0.05) is 29.8 Å². The summed E-state index contributed by atoms with van der Waals surface area (Å²) < 4.78 is 14.3. The van der Waals surface area contributed by atoms with Crippen molar-refractivity contribution in [2.75, 3.05) is 4.90 Å². The number of fused-ring (bicyclic) bond motifs is 1. The van der Waals surface area contributed by atoms with Gasteiger partial charge in [-0.1, -0.05) is 36.4 Å². The fourth-order valence-corrected chi connectivity index (χ4v) is 2.75. The summed E-state index contributed by atoms with van der Waals surface area (Å²) in [6, 6.07) is 12.9. The first-order valence-corrected chi connectivity index (χ1v) is 7.05. The Labute approximate surface area is 123 Å². The van der Waals surface area contributed by atoms with Crippen LogP contribution < -0.4 is 10.6 Å². The average molecular weight is 284 g/mol. The summed E-state index contributed by atoms with van der Waals surface area (Å²) in [4.78, 5) is 13.9. The summed E-state index contributed by atoms with van der Waals surface area (Å²) in [5, 5.41) is 0. The number of nitrogens with two attached hydrogens (primary N) is 1. The highest BCUT2D eigenvalue weighted by molar-refractivity contribution is 5.96. The fourth-order valence-electron chi connectivity index (χ4n) is 2.75. The number of anilines is 1. The smallest absolute Gasteiger partial charge is 0.227 e. The Morgan fingerprint density at radius 2 is 1.81 bits per heavy atom. The number of para-hydroxylation sites is 1. The molecule has 0 fully saturated rings. The number of nitrogens with zero attached hydrogens (tertiary/aromatic N) is 1. The minimum Gasteiger partial charge on any atom is -0.326 e. The molecule has 1 aliphatic rings. The lowest BCUT2D eigenvalue weighted by Gasteiger charge is -2.29. The number of rotatable bonds is 3. The molecule has 2 N–H and O–H groups in total. The van der Waals surface area contributed by atoms with Crippen LogP contribution in [0.25, 0.3) is 0 Å². The Bertz CT molecular complexity index is 684. The molecule has 3 nitrogen and oxygen atoms in total. The quantitative estimate of drug-likeness (QED) is 0.942. The standard InChI is InChI=1S/C17H17FN2O/c18-17-13(10-19)5-3-6-14(17)11-20-15-7-2-1-4-12(15)8-9-16(20)21/h1-7H,8-11,19H2. The Balaban J connectivity index is 1.96. The number of amides is 1. The van der Waals surface area contributed by atoms with E-state index >= 15 is 0 Å². The Morgan fingerprint density at radius 1 is 1.05 bits per heavy atom. The van der Waals surface area contributed by atoms with Gasteiger partial charge in [-0.15, -0.1) is 0 Å². The monoisotopic (exact) mass is 284 g/mol. The Hall–Kier alpha value is -2.20. The Kier molecular flexibility index (Phi) is 3.71. The molecule has 2 aromatic rings. The van der Waals surface area contributed by atoms with Crippen LogP contribution in [0.1, 0.15) is 23.1 Å². The molecule has 0 saturated heterocycles. The molecule has 1 aliphatic heterocycles. The lowest BCUT2D eigenvalue weighted by molar-refractivity contribution is -0.119. The molecule has 0 atom stereocenters. The van der Waals surface area contributed by atoms with Crippen molar-refractivity contribution >= 4 is 11.6 Å². The van der Waals surface area contributed by atoms with Crippen molar-refractivity contribution in [1.82, 2.24) is 0 Å². The molecule has 0 aromatic heterocycles. The van der Waals surface area contributed by atoms with Crippen LogP contribution in [0.15, 0.2) is 42.5 Å². The largest absolute Gasteiger partial charge is 0.326 e. The van der Waals surface area contributed by atoms with Gasteiger partial charge in [0.05, 0.1) is 6.54 Å². The zero-order chi connectivity index (χ0) is 14.8. The van der Waals surface area contributed by atoms with Gasteiger partial charge in [0.2, 0.25) is 5.91 Å². The average Bonchev–Trinajstić information content (AvgIpc) is 2.52. The number of carbonyl (C=O) groups is 1. The molecule has 0 unspecified atom stereocenters. The summed E-state index contributed by atoms with van der Waals surface area (Å²) in [6.07, 6.45) is 1.21. The van der Waals surface area contributed by atoms with Crippen LogP contribution in [0, 0.1) is 5.82 Å². The molecular weight excluding hydrogens is 267 g/mol. The van der Waals surface area contributed by atoms with E-state index in [-0.39, 0.29) is 24.8 Å². The molecule has 2 aromatic carbocycles. The lowest BCUT2D eigenvalue weighted by atomic mass is 10.00. The third kappa shape index (κ3) is 2.54. The maximum absolute atomic E-state index is 14.3. The van der Waals surface area contributed by atoms with E-state index in [0.717, 1.165) is 17.7 Å². The molecule has 0 spiro atoms. The number of hydrogen-bond acceptors (Lipinski definition) is 2. The first-order chi connectivity index (χ1) is 10.2. The van der Waals surface area contributed by atoms with Crippen molar-refractivity contribution < 1.29 is 9.18 Å². The highest BCUT2D eigenvalue weighted by atomic mass is 19.1. The topological polar surface area (TPSA) is 46.3 Å². The van der Waals surface area contributed by atoms with E-state index in [1.165, 1.54) is 0 Å². The third-order valence-electron chi connectivity index (χ3n) is 3.90. The van der Waals surface area contributed by atoms with E-state index in [9.17, 15) is 9.18 Å². The highest BCUT2D eigenvalue weighted by Gasteiger charge is 2.24. The summed E-state index contributed by atoms with van der Waals surface area (Å²) >= 11 is 0. The van der Waals surface area contributed by atoms with Gasteiger partial charge in [-0.05, 0) is 18.1 Å². The van der Waals surface area contributed by atoms with Gasteiger partial charge in [0.25, 0.3) is 0 Å². The normalized spacial score (nSPS) is 14.2. The second-order valence-corrected chi connectivity index (χ2v) is 5.20. The number of carbonyl (C=O) groups excluding carboxylic acids is 1. The maximum atomic E-state index is 14.3. The minimum atomic E-state index is -0.309. The zero-order valence-corrected chi connectivity index (χ0v) is 11.7. The molecule has 0 radical (unpaired) electrons. The van der Waals surface area contributed by atoms with Crippen LogP contribution in [0.4, 0.5) is 10.1 Å². The second kappa shape index (κ2) is 5.66. The molecule has 0 saturated carbocycles. The third-order valence-corrected chi connectivity index (χ3v) is 3.90. The summed E-state index contributed by atoms with van der Waals surface area (Å²) in [5.74, 6) is -0.276. The van der Waals surface area contributed by atoms with Crippen molar-refractivity contribution in [1.29, 1.82) is 0 Å². The Morgan fingerprint density at radius 3 is 2.62 bits per heavy atom. The number of hydrogen-bond donors (Lipinski definition) is 1. The highest BCUT2D eigenvalue weighted by Crippen LogP contribution is 2.29.